The molecule has 2 aliphatic rings. The molecule has 6 heteroatoms. The Morgan fingerprint density at radius 3 is 2.71 bits per heavy atom. The largest absolute Gasteiger partial charge is 0.481 e. The van der Waals surface area contributed by atoms with Crippen LogP contribution in [0.2, 0.25) is 0 Å². The van der Waals surface area contributed by atoms with Gasteiger partial charge in [-0.1, -0.05) is 0 Å². The highest BCUT2D eigenvalue weighted by molar-refractivity contribution is 5.90. The first-order valence-electron chi connectivity index (χ1n) is 7.10. The number of aryl methyl sites for hydroxylation is 1. The van der Waals surface area contributed by atoms with Gasteiger partial charge in [0.05, 0.1) is 24.3 Å². The second-order valence-corrected chi connectivity index (χ2v) is 5.68. The fourth-order valence-electron chi connectivity index (χ4n) is 3.63. The lowest BCUT2D eigenvalue weighted by Gasteiger charge is -2.24. The molecule has 1 aromatic heterocycles. The summed E-state index contributed by atoms with van der Waals surface area (Å²) in [5.41, 5.74) is 1.06. The standard InChI is InChI=1S/C15H18N2O4/c1-8-10(15(20)21-2)4-6-13(16-8)17-9-3-5-12(17)11(7-9)14(18)19/h4,6,9,11-12H,3,5,7H2,1-2H3,(H,18,19). The van der Waals surface area contributed by atoms with E-state index in [2.05, 4.69) is 9.88 Å². The number of hydrogen-bond acceptors (Lipinski definition) is 5. The number of carboxylic acids is 1. The summed E-state index contributed by atoms with van der Waals surface area (Å²) in [4.78, 5) is 29.5. The van der Waals surface area contributed by atoms with Gasteiger partial charge in [-0.15, -0.1) is 0 Å². The number of carbonyl (C=O) groups is 2. The molecule has 1 aromatic rings. The van der Waals surface area contributed by atoms with Crippen molar-refractivity contribution >= 4 is 17.8 Å². The molecule has 0 aromatic carbocycles. The molecule has 3 atom stereocenters. The lowest BCUT2D eigenvalue weighted by molar-refractivity contribution is -0.142. The van der Waals surface area contributed by atoms with Crippen LogP contribution in [0.3, 0.4) is 0 Å². The van der Waals surface area contributed by atoms with Crippen molar-refractivity contribution in [2.75, 3.05) is 12.0 Å². The number of pyridine rings is 1. The average molecular weight is 290 g/mol. The SMILES string of the molecule is COC(=O)c1ccc(N2C3CCC2C(C(=O)O)C3)nc1C. The van der Waals surface area contributed by atoms with Crippen molar-refractivity contribution in [3.05, 3.63) is 23.4 Å². The molecule has 3 heterocycles. The van der Waals surface area contributed by atoms with Gasteiger partial charge in [-0.25, -0.2) is 9.78 Å². The maximum Gasteiger partial charge on any atom is 0.339 e. The van der Waals surface area contributed by atoms with Crippen molar-refractivity contribution in [2.24, 2.45) is 5.92 Å². The summed E-state index contributed by atoms with van der Waals surface area (Å²) in [6.07, 6.45) is 2.58. The second-order valence-electron chi connectivity index (χ2n) is 5.68. The zero-order chi connectivity index (χ0) is 15.1. The summed E-state index contributed by atoms with van der Waals surface area (Å²) in [6, 6.07) is 3.75. The minimum absolute atomic E-state index is 0.0170. The van der Waals surface area contributed by atoms with Crippen LogP contribution in [0.5, 0.6) is 0 Å². The first-order valence-corrected chi connectivity index (χ1v) is 7.10. The van der Waals surface area contributed by atoms with Gasteiger partial charge in [0.25, 0.3) is 0 Å². The molecule has 2 saturated heterocycles. The van der Waals surface area contributed by atoms with E-state index < -0.39 is 11.9 Å². The number of methoxy groups -OCH3 is 1. The summed E-state index contributed by atoms with van der Waals surface area (Å²) >= 11 is 0. The molecule has 2 bridgehead atoms. The Balaban J connectivity index is 1.90. The van der Waals surface area contributed by atoms with E-state index in [4.69, 9.17) is 4.74 Å². The van der Waals surface area contributed by atoms with Gasteiger partial charge in [-0.2, -0.15) is 0 Å². The first kappa shape index (κ1) is 13.9. The third-order valence-electron chi connectivity index (χ3n) is 4.59. The third-order valence-corrected chi connectivity index (χ3v) is 4.59. The minimum atomic E-state index is -0.727. The van der Waals surface area contributed by atoms with E-state index in [1.165, 1.54) is 7.11 Å². The second kappa shape index (κ2) is 5.02. The van der Waals surface area contributed by atoms with E-state index in [-0.39, 0.29) is 18.0 Å². The zero-order valence-corrected chi connectivity index (χ0v) is 12.1. The van der Waals surface area contributed by atoms with Crippen LogP contribution in [0.4, 0.5) is 5.82 Å². The molecule has 0 aliphatic carbocycles. The van der Waals surface area contributed by atoms with Gasteiger partial charge in [-0.05, 0) is 38.3 Å². The smallest absolute Gasteiger partial charge is 0.339 e. The van der Waals surface area contributed by atoms with Gasteiger partial charge in [0.1, 0.15) is 5.82 Å². The molecule has 0 saturated carbocycles. The van der Waals surface area contributed by atoms with Gasteiger partial charge < -0.3 is 14.7 Å². The topological polar surface area (TPSA) is 79.7 Å². The lowest BCUT2D eigenvalue weighted by Crippen LogP contribution is -2.33. The maximum atomic E-state index is 11.6. The average Bonchev–Trinajstić information content (AvgIpc) is 3.04. The number of anilines is 1. The summed E-state index contributed by atoms with van der Waals surface area (Å²) in [6.45, 7) is 1.77. The van der Waals surface area contributed by atoms with Crippen LogP contribution in [-0.4, -0.2) is 41.2 Å². The molecule has 21 heavy (non-hydrogen) atoms. The molecule has 0 spiro atoms. The van der Waals surface area contributed by atoms with Crippen LogP contribution >= 0.6 is 0 Å². The summed E-state index contributed by atoms with van der Waals surface area (Å²) in [5.74, 6) is -0.683. The number of ether oxygens (including phenoxy) is 1. The monoisotopic (exact) mass is 290 g/mol. The van der Waals surface area contributed by atoms with Crippen LogP contribution in [0.1, 0.15) is 35.3 Å². The van der Waals surface area contributed by atoms with Crippen LogP contribution < -0.4 is 4.90 Å². The summed E-state index contributed by atoms with van der Waals surface area (Å²) < 4.78 is 4.72. The Morgan fingerprint density at radius 1 is 1.38 bits per heavy atom. The summed E-state index contributed by atoms with van der Waals surface area (Å²) in [7, 11) is 1.34. The van der Waals surface area contributed by atoms with E-state index in [9.17, 15) is 14.7 Å². The molecule has 3 unspecified atom stereocenters. The number of nitrogens with zero attached hydrogens (tertiary/aromatic N) is 2. The van der Waals surface area contributed by atoms with Crippen LogP contribution in [-0.2, 0) is 9.53 Å². The van der Waals surface area contributed by atoms with E-state index >= 15 is 0 Å². The third kappa shape index (κ3) is 2.14. The predicted octanol–water partition coefficient (Wildman–Crippen LogP) is 1.62. The lowest BCUT2D eigenvalue weighted by atomic mass is 9.89. The van der Waals surface area contributed by atoms with Crippen molar-refractivity contribution < 1.29 is 19.4 Å². The quantitative estimate of drug-likeness (QED) is 0.852. The van der Waals surface area contributed by atoms with Crippen LogP contribution in [0, 0.1) is 12.8 Å². The number of carbonyl (C=O) groups excluding carboxylic acids is 1. The Morgan fingerprint density at radius 2 is 2.14 bits per heavy atom. The Hall–Kier alpha value is -2.11. The van der Waals surface area contributed by atoms with Crippen LogP contribution in [0.15, 0.2) is 12.1 Å². The molecular formula is C15H18N2O4. The summed E-state index contributed by atoms with van der Waals surface area (Å²) in [5, 5.41) is 9.30. The number of fused-ring (bicyclic) bond motifs is 2. The molecule has 0 radical (unpaired) electrons. The molecule has 112 valence electrons. The molecule has 0 amide bonds. The molecule has 2 aliphatic heterocycles. The Labute approximate surface area is 122 Å². The molecule has 1 N–H and O–H groups in total. The van der Waals surface area contributed by atoms with Gasteiger partial charge in [0.2, 0.25) is 0 Å². The van der Waals surface area contributed by atoms with E-state index in [0.717, 1.165) is 18.7 Å². The number of rotatable bonds is 3. The molecule has 3 rings (SSSR count). The Kier molecular flexibility index (Phi) is 3.31. The highest BCUT2D eigenvalue weighted by Crippen LogP contribution is 2.44. The number of aliphatic carboxylic acids is 1. The van der Waals surface area contributed by atoms with Crippen molar-refractivity contribution in [1.29, 1.82) is 0 Å². The van der Waals surface area contributed by atoms with E-state index in [0.29, 0.717) is 17.7 Å². The molecule has 2 fully saturated rings. The minimum Gasteiger partial charge on any atom is -0.481 e. The molecular weight excluding hydrogens is 272 g/mol. The van der Waals surface area contributed by atoms with Crippen molar-refractivity contribution in [3.8, 4) is 0 Å². The van der Waals surface area contributed by atoms with Gasteiger partial charge in [0.15, 0.2) is 0 Å². The first-order chi connectivity index (χ1) is 10.0. The normalized spacial score (nSPS) is 27.0. The number of hydrogen-bond donors (Lipinski definition) is 1. The van der Waals surface area contributed by atoms with Gasteiger partial charge >= 0.3 is 11.9 Å². The number of aromatic nitrogens is 1. The van der Waals surface area contributed by atoms with E-state index in [1.54, 1.807) is 19.1 Å². The van der Waals surface area contributed by atoms with Crippen molar-refractivity contribution in [2.45, 2.75) is 38.3 Å². The fraction of sp³-hybridized carbons (Fsp3) is 0.533. The number of esters is 1. The van der Waals surface area contributed by atoms with E-state index in [1.807, 2.05) is 0 Å². The zero-order valence-electron chi connectivity index (χ0n) is 12.1. The molecule has 6 nitrogen and oxygen atoms in total. The van der Waals surface area contributed by atoms with Crippen LogP contribution in [0.25, 0.3) is 0 Å². The maximum absolute atomic E-state index is 11.6. The highest BCUT2D eigenvalue weighted by Gasteiger charge is 2.49. The van der Waals surface area contributed by atoms with Crippen molar-refractivity contribution in [1.82, 2.24) is 4.98 Å². The van der Waals surface area contributed by atoms with Gasteiger partial charge in [0, 0.05) is 12.1 Å². The Bertz CT molecular complexity index is 601. The predicted molar refractivity (Wildman–Crippen MR) is 75.3 cm³/mol. The van der Waals surface area contributed by atoms with Gasteiger partial charge in [-0.3, -0.25) is 4.79 Å². The number of carboxylic acid groups (broad SMARTS) is 1. The van der Waals surface area contributed by atoms with Crippen molar-refractivity contribution in [3.63, 3.8) is 0 Å². The highest BCUT2D eigenvalue weighted by atomic mass is 16.5. The fourth-order valence-corrected chi connectivity index (χ4v) is 3.63.